The molecule has 0 spiro atoms. The van der Waals surface area contributed by atoms with Crippen LogP contribution in [0.2, 0.25) is 0 Å². The zero-order valence-electron chi connectivity index (χ0n) is 9.60. The fourth-order valence-electron chi connectivity index (χ4n) is 1.62. The molecule has 2 aromatic carbocycles. The summed E-state index contributed by atoms with van der Waals surface area (Å²) in [7, 11) is 1.80. The second kappa shape index (κ2) is 5.27. The first-order valence-electron chi connectivity index (χ1n) is 5.44. The van der Waals surface area contributed by atoms with Gasteiger partial charge in [0.05, 0.1) is 0 Å². The third-order valence-electron chi connectivity index (χ3n) is 2.47. The van der Waals surface area contributed by atoms with Crippen molar-refractivity contribution in [2.45, 2.75) is 0 Å². The smallest absolute Gasteiger partial charge is 0.261 e. The molecule has 17 heavy (non-hydrogen) atoms. The van der Waals surface area contributed by atoms with Crippen LogP contribution >= 0.6 is 0 Å². The molecule has 0 aliphatic heterocycles. The topological polar surface area (TPSA) is 44.7 Å². The minimum Gasteiger partial charge on any atom is -0.322 e. The second-order valence-corrected chi connectivity index (χ2v) is 3.62. The summed E-state index contributed by atoms with van der Waals surface area (Å²) in [5, 5.41) is 5.86. The molecule has 85 valence electrons. The van der Waals surface area contributed by atoms with E-state index in [1.807, 2.05) is 48.5 Å². The summed E-state index contributed by atoms with van der Waals surface area (Å²) in [6, 6.07) is 16.8. The van der Waals surface area contributed by atoms with Gasteiger partial charge in [-0.2, -0.15) is 0 Å². The molecule has 0 unspecified atom stereocenters. The van der Waals surface area contributed by atoms with Crippen LogP contribution in [-0.2, 0) is 0 Å². The van der Waals surface area contributed by atoms with Crippen LogP contribution in [0.4, 0.5) is 11.4 Å². The molecule has 2 aromatic rings. The number of carbonyl (C=O) groups excluding carboxylic acids is 1. The number of nitrogens with one attached hydrogen (secondary N) is 2. The van der Waals surface area contributed by atoms with E-state index in [1.54, 1.807) is 13.1 Å². The van der Waals surface area contributed by atoms with E-state index in [9.17, 15) is 4.79 Å². The van der Waals surface area contributed by atoms with E-state index in [0.29, 0.717) is 5.56 Å². The normalized spacial score (nSPS) is 9.94. The molecule has 3 heteroatoms. The maximum atomic E-state index is 12.0. The monoisotopic (exact) mass is 226 g/mol. The summed E-state index contributed by atoms with van der Waals surface area (Å²) in [4.78, 5) is 12.0. The zero-order chi connectivity index (χ0) is 12.1. The SMILES string of the molecule is C[NH+]c1ccccc1C(=O)Nc1ccccc1. The van der Waals surface area contributed by atoms with Crippen molar-refractivity contribution in [1.29, 1.82) is 0 Å². The largest absolute Gasteiger partial charge is 0.322 e. The van der Waals surface area contributed by atoms with Crippen molar-refractivity contribution in [3.63, 3.8) is 0 Å². The highest BCUT2D eigenvalue weighted by molar-refractivity contribution is 6.06. The third-order valence-corrected chi connectivity index (χ3v) is 2.47. The van der Waals surface area contributed by atoms with Gasteiger partial charge in [0.15, 0.2) is 5.69 Å². The molecular weight excluding hydrogens is 212 g/mol. The number of carbonyl (C=O) groups is 1. The van der Waals surface area contributed by atoms with Crippen LogP contribution in [0.1, 0.15) is 10.4 Å². The average molecular weight is 226 g/mol. The van der Waals surface area contributed by atoms with E-state index in [-0.39, 0.29) is 5.91 Å². The van der Waals surface area contributed by atoms with Gasteiger partial charge in [-0.3, -0.25) is 4.79 Å². The lowest BCUT2D eigenvalue weighted by molar-refractivity contribution is -0.539. The zero-order valence-corrected chi connectivity index (χ0v) is 9.60. The quantitative estimate of drug-likeness (QED) is 0.819. The number of hydrogen-bond acceptors (Lipinski definition) is 2. The van der Waals surface area contributed by atoms with Crippen LogP contribution in [0.25, 0.3) is 0 Å². The van der Waals surface area contributed by atoms with Gasteiger partial charge in [-0.15, -0.1) is 5.32 Å². The van der Waals surface area contributed by atoms with Gasteiger partial charge in [0.25, 0.3) is 5.91 Å². The molecule has 0 bridgehead atoms. The second-order valence-electron chi connectivity index (χ2n) is 3.62. The van der Waals surface area contributed by atoms with Gasteiger partial charge in [-0.1, -0.05) is 30.3 Å². The van der Waals surface area contributed by atoms with Crippen LogP contribution in [-0.4, -0.2) is 13.0 Å². The molecule has 1 amide bonds. The molecule has 2 N–H and O–H groups in total. The van der Waals surface area contributed by atoms with E-state index < -0.39 is 0 Å². The molecule has 0 atom stereocenters. The molecule has 0 heterocycles. The molecular formula is C14H14N2O+. The Balaban J connectivity index is 2.20. The minimum absolute atomic E-state index is 0.110. The van der Waals surface area contributed by atoms with Crippen LogP contribution < -0.4 is 10.6 Å². The highest BCUT2D eigenvalue weighted by Crippen LogP contribution is 2.12. The minimum atomic E-state index is -0.110. The third kappa shape index (κ3) is 2.71. The van der Waals surface area contributed by atoms with Crippen molar-refractivity contribution in [2.75, 3.05) is 12.4 Å². The summed E-state index contributed by atoms with van der Waals surface area (Å²) >= 11 is 0. The van der Waals surface area contributed by atoms with Gasteiger partial charge >= 0.3 is 0 Å². The molecule has 2 rings (SSSR count). The lowest BCUT2D eigenvalue weighted by Crippen LogP contribution is -2.73. The highest BCUT2D eigenvalue weighted by atomic mass is 16.1. The number of para-hydroxylation sites is 2. The van der Waals surface area contributed by atoms with Gasteiger partial charge in [-0.25, -0.2) is 0 Å². The van der Waals surface area contributed by atoms with Crippen molar-refractivity contribution in [3.8, 4) is 0 Å². The number of amides is 1. The van der Waals surface area contributed by atoms with Gasteiger partial charge < -0.3 is 5.32 Å². The summed E-state index contributed by atoms with van der Waals surface area (Å²) in [5.74, 6) is -0.110. The summed E-state index contributed by atoms with van der Waals surface area (Å²) in [6.45, 7) is 0. The van der Waals surface area contributed by atoms with Gasteiger partial charge in [0, 0.05) is 11.8 Å². The number of hydrogen-bond donors (Lipinski definition) is 2. The Hall–Kier alpha value is -2.13. The van der Waals surface area contributed by atoms with Gasteiger partial charge in [0.2, 0.25) is 0 Å². The number of anilines is 2. The molecule has 0 saturated heterocycles. The van der Waals surface area contributed by atoms with Gasteiger partial charge in [-0.05, 0) is 18.2 Å². The lowest BCUT2D eigenvalue weighted by atomic mass is 10.1. The molecule has 3 nitrogen and oxygen atoms in total. The number of rotatable bonds is 3. The van der Waals surface area contributed by atoms with Crippen molar-refractivity contribution in [2.24, 2.45) is 0 Å². The maximum absolute atomic E-state index is 12.0. The standard InChI is InChI=1S/C14H14N2O/c1-15-13-10-6-5-9-12(13)14(17)16-11-7-3-2-4-8-11/h2-10,15H,1H3,(H,16,17)/q+1. The Labute approximate surface area is 100 Å². The Morgan fingerprint density at radius 3 is 2.35 bits per heavy atom. The molecule has 0 aliphatic rings. The fraction of sp³-hybridized carbons (Fsp3) is 0.0714. The van der Waals surface area contributed by atoms with Crippen molar-refractivity contribution < 1.29 is 10.1 Å². The summed E-state index contributed by atoms with van der Waals surface area (Å²) in [6.07, 6.45) is 0. The predicted octanol–water partition coefficient (Wildman–Crippen LogP) is 1.55. The van der Waals surface area contributed by atoms with Crippen molar-refractivity contribution >= 4 is 17.3 Å². The molecule has 1 radical (unpaired) electrons. The highest BCUT2D eigenvalue weighted by Gasteiger charge is 2.14. The van der Waals surface area contributed by atoms with Crippen molar-refractivity contribution in [1.82, 2.24) is 0 Å². The van der Waals surface area contributed by atoms with Gasteiger partial charge in [0.1, 0.15) is 12.6 Å². The van der Waals surface area contributed by atoms with Crippen LogP contribution in [0, 0.1) is 0 Å². The molecule has 0 aromatic heterocycles. The Bertz CT molecular complexity index is 509. The lowest BCUT2D eigenvalue weighted by Gasteiger charge is -2.05. The van der Waals surface area contributed by atoms with Crippen LogP contribution in [0.3, 0.4) is 0 Å². The summed E-state index contributed by atoms with van der Waals surface area (Å²) in [5.41, 5.74) is 2.25. The number of benzene rings is 2. The molecule has 0 aliphatic carbocycles. The van der Waals surface area contributed by atoms with E-state index in [2.05, 4.69) is 10.6 Å². The maximum Gasteiger partial charge on any atom is 0.261 e. The van der Waals surface area contributed by atoms with E-state index in [1.165, 1.54) is 0 Å². The van der Waals surface area contributed by atoms with Crippen LogP contribution in [0.15, 0.2) is 54.6 Å². The fourth-order valence-corrected chi connectivity index (χ4v) is 1.62. The Morgan fingerprint density at radius 2 is 1.65 bits per heavy atom. The Kier molecular flexibility index (Phi) is 3.52. The van der Waals surface area contributed by atoms with E-state index >= 15 is 0 Å². The molecule has 0 fully saturated rings. The first-order valence-corrected chi connectivity index (χ1v) is 5.44. The first kappa shape index (κ1) is 11.4. The van der Waals surface area contributed by atoms with Crippen LogP contribution in [0.5, 0.6) is 0 Å². The Morgan fingerprint density at radius 1 is 1.00 bits per heavy atom. The van der Waals surface area contributed by atoms with E-state index in [0.717, 1.165) is 11.4 Å². The van der Waals surface area contributed by atoms with Crippen molar-refractivity contribution in [3.05, 3.63) is 60.2 Å². The van der Waals surface area contributed by atoms with E-state index in [4.69, 9.17) is 0 Å². The average Bonchev–Trinajstić information content (AvgIpc) is 2.40. The first-order chi connectivity index (χ1) is 8.31. The summed E-state index contributed by atoms with van der Waals surface area (Å²) < 4.78 is 0. The molecule has 0 saturated carbocycles. The predicted molar refractivity (Wildman–Crippen MR) is 67.4 cm³/mol.